The van der Waals surface area contributed by atoms with Crippen LogP contribution in [0.4, 0.5) is 5.69 Å². The van der Waals surface area contributed by atoms with Gasteiger partial charge < -0.3 is 0 Å². The van der Waals surface area contributed by atoms with Gasteiger partial charge in [0.15, 0.2) is 0 Å². The normalized spacial score (nSPS) is 12.7. The number of halogens is 1. The zero-order valence-electron chi connectivity index (χ0n) is 11.0. The highest BCUT2D eigenvalue weighted by Crippen LogP contribution is 2.25. The van der Waals surface area contributed by atoms with E-state index in [0.717, 1.165) is 18.4 Å². The maximum absolute atomic E-state index is 10.8. The summed E-state index contributed by atoms with van der Waals surface area (Å²) < 4.78 is 0. The Hall–Kier alpha value is -1.13. The zero-order valence-corrected chi connectivity index (χ0v) is 11.8. The minimum atomic E-state index is -0.443. The second-order valence-corrected chi connectivity index (χ2v) is 5.00. The molecule has 0 radical (unpaired) electrons. The van der Waals surface area contributed by atoms with Crippen molar-refractivity contribution in [3.05, 3.63) is 38.9 Å². The Morgan fingerprint density at radius 1 is 1.50 bits per heavy atom. The fraction of sp³-hybridized carbons (Fsp3) is 0.538. The minimum absolute atomic E-state index is 0.0225. The first-order valence-corrected chi connectivity index (χ1v) is 6.46. The molecule has 0 N–H and O–H groups in total. The lowest BCUT2D eigenvalue weighted by atomic mass is 10.1. The van der Waals surface area contributed by atoms with Gasteiger partial charge in [-0.25, -0.2) is 0 Å². The van der Waals surface area contributed by atoms with Crippen LogP contribution in [0, 0.1) is 10.1 Å². The Kier molecular flexibility index (Phi) is 5.56. The standard InChI is InChI=1S/C13H19ClN2O2/c1-4-5-10(2)15(3)9-11-6-7-12(14)13(8-11)16(17)18/h6-8,10H,4-5,9H2,1-3H3. The van der Waals surface area contributed by atoms with Crippen molar-refractivity contribution in [2.24, 2.45) is 0 Å². The van der Waals surface area contributed by atoms with Crippen molar-refractivity contribution < 1.29 is 4.92 Å². The molecule has 0 heterocycles. The van der Waals surface area contributed by atoms with Gasteiger partial charge in [-0.1, -0.05) is 31.0 Å². The lowest BCUT2D eigenvalue weighted by Crippen LogP contribution is -2.28. The van der Waals surface area contributed by atoms with E-state index in [-0.39, 0.29) is 10.7 Å². The number of benzene rings is 1. The first-order valence-electron chi connectivity index (χ1n) is 6.08. The molecule has 0 aliphatic heterocycles. The maximum atomic E-state index is 10.8. The van der Waals surface area contributed by atoms with Gasteiger partial charge in [-0.2, -0.15) is 0 Å². The summed E-state index contributed by atoms with van der Waals surface area (Å²) in [4.78, 5) is 12.6. The molecule has 1 aromatic rings. The van der Waals surface area contributed by atoms with E-state index in [4.69, 9.17) is 11.6 Å². The molecule has 0 amide bonds. The monoisotopic (exact) mass is 270 g/mol. The van der Waals surface area contributed by atoms with E-state index in [1.54, 1.807) is 12.1 Å². The molecule has 0 aliphatic rings. The van der Waals surface area contributed by atoms with Gasteiger partial charge in [-0.05, 0) is 32.0 Å². The van der Waals surface area contributed by atoms with Gasteiger partial charge >= 0.3 is 0 Å². The number of nitro groups is 1. The van der Waals surface area contributed by atoms with Gasteiger partial charge in [-0.3, -0.25) is 15.0 Å². The summed E-state index contributed by atoms with van der Waals surface area (Å²) >= 11 is 5.78. The van der Waals surface area contributed by atoms with Crippen LogP contribution in [0.3, 0.4) is 0 Å². The molecule has 1 atom stereocenters. The number of nitrogens with zero attached hydrogens (tertiary/aromatic N) is 2. The van der Waals surface area contributed by atoms with Crippen LogP contribution in [0.5, 0.6) is 0 Å². The molecule has 1 unspecified atom stereocenters. The van der Waals surface area contributed by atoms with Crippen molar-refractivity contribution in [3.63, 3.8) is 0 Å². The third kappa shape index (κ3) is 3.96. The molecular weight excluding hydrogens is 252 g/mol. The highest BCUT2D eigenvalue weighted by molar-refractivity contribution is 6.32. The molecule has 0 aliphatic carbocycles. The molecule has 18 heavy (non-hydrogen) atoms. The van der Waals surface area contributed by atoms with Gasteiger partial charge in [0.05, 0.1) is 4.92 Å². The molecule has 0 fully saturated rings. The Balaban J connectivity index is 2.79. The minimum Gasteiger partial charge on any atom is -0.299 e. The average Bonchev–Trinajstić information content (AvgIpc) is 2.31. The predicted octanol–water partition coefficient (Wildman–Crippen LogP) is 3.87. The Morgan fingerprint density at radius 3 is 2.72 bits per heavy atom. The van der Waals surface area contributed by atoms with Crippen LogP contribution in [0.25, 0.3) is 0 Å². The number of hydrogen-bond acceptors (Lipinski definition) is 3. The van der Waals surface area contributed by atoms with E-state index in [1.807, 2.05) is 13.1 Å². The van der Waals surface area contributed by atoms with E-state index < -0.39 is 4.92 Å². The van der Waals surface area contributed by atoms with E-state index in [2.05, 4.69) is 18.7 Å². The number of rotatable bonds is 6. The van der Waals surface area contributed by atoms with E-state index >= 15 is 0 Å². The summed E-state index contributed by atoms with van der Waals surface area (Å²) in [6.45, 7) is 5.00. The third-order valence-electron chi connectivity index (χ3n) is 3.10. The second-order valence-electron chi connectivity index (χ2n) is 4.60. The van der Waals surface area contributed by atoms with E-state index in [0.29, 0.717) is 12.6 Å². The smallest absolute Gasteiger partial charge is 0.288 e. The van der Waals surface area contributed by atoms with Crippen LogP contribution < -0.4 is 0 Å². The fourth-order valence-corrected chi connectivity index (χ4v) is 2.07. The lowest BCUT2D eigenvalue weighted by molar-refractivity contribution is -0.384. The van der Waals surface area contributed by atoms with Crippen LogP contribution >= 0.6 is 11.6 Å². The Labute approximate surface area is 113 Å². The molecular formula is C13H19ClN2O2. The molecule has 1 aromatic carbocycles. The molecule has 0 bridgehead atoms. The molecule has 4 nitrogen and oxygen atoms in total. The SMILES string of the molecule is CCCC(C)N(C)Cc1ccc(Cl)c([N+](=O)[O-])c1. The first kappa shape index (κ1) is 14.9. The second kappa shape index (κ2) is 6.71. The van der Waals surface area contributed by atoms with Crippen LogP contribution in [-0.2, 0) is 6.54 Å². The molecule has 5 heteroatoms. The van der Waals surface area contributed by atoms with Crippen LogP contribution in [0.15, 0.2) is 18.2 Å². The highest BCUT2D eigenvalue weighted by Gasteiger charge is 2.14. The topological polar surface area (TPSA) is 46.4 Å². The quantitative estimate of drug-likeness (QED) is 0.582. The summed E-state index contributed by atoms with van der Waals surface area (Å²) in [6.07, 6.45) is 2.25. The Morgan fingerprint density at radius 2 is 2.17 bits per heavy atom. The first-order chi connectivity index (χ1) is 8.45. The Bertz CT molecular complexity index is 423. The number of nitro benzene ring substituents is 1. The fourth-order valence-electron chi connectivity index (χ4n) is 1.88. The zero-order chi connectivity index (χ0) is 13.7. The van der Waals surface area contributed by atoms with Crippen molar-refractivity contribution in [2.45, 2.75) is 39.3 Å². The van der Waals surface area contributed by atoms with Crippen molar-refractivity contribution in [2.75, 3.05) is 7.05 Å². The molecule has 100 valence electrons. The summed E-state index contributed by atoms with van der Waals surface area (Å²) in [5.41, 5.74) is 0.891. The average molecular weight is 271 g/mol. The molecule has 1 rings (SSSR count). The summed E-state index contributed by atoms with van der Waals surface area (Å²) in [6, 6.07) is 5.44. The van der Waals surface area contributed by atoms with E-state index in [1.165, 1.54) is 0 Å². The van der Waals surface area contributed by atoms with E-state index in [9.17, 15) is 10.1 Å². The van der Waals surface area contributed by atoms with Gasteiger partial charge in [0.25, 0.3) is 5.69 Å². The van der Waals surface area contributed by atoms with Crippen LogP contribution in [-0.4, -0.2) is 22.9 Å². The molecule has 0 saturated heterocycles. The summed E-state index contributed by atoms with van der Waals surface area (Å²) in [7, 11) is 2.03. The van der Waals surface area contributed by atoms with Gasteiger partial charge in [0, 0.05) is 18.7 Å². The van der Waals surface area contributed by atoms with Crippen molar-refractivity contribution >= 4 is 17.3 Å². The third-order valence-corrected chi connectivity index (χ3v) is 3.42. The maximum Gasteiger partial charge on any atom is 0.288 e. The molecule has 0 spiro atoms. The number of hydrogen-bond donors (Lipinski definition) is 0. The highest BCUT2D eigenvalue weighted by atomic mass is 35.5. The van der Waals surface area contributed by atoms with Gasteiger partial charge in [0.2, 0.25) is 0 Å². The van der Waals surface area contributed by atoms with Crippen molar-refractivity contribution in [3.8, 4) is 0 Å². The summed E-state index contributed by atoms with van der Waals surface area (Å²) in [5.74, 6) is 0. The summed E-state index contributed by atoms with van der Waals surface area (Å²) in [5, 5.41) is 11.0. The van der Waals surface area contributed by atoms with Gasteiger partial charge in [-0.15, -0.1) is 0 Å². The van der Waals surface area contributed by atoms with Crippen LogP contribution in [0.2, 0.25) is 5.02 Å². The van der Waals surface area contributed by atoms with Crippen LogP contribution in [0.1, 0.15) is 32.3 Å². The van der Waals surface area contributed by atoms with Crippen molar-refractivity contribution in [1.82, 2.24) is 4.90 Å². The molecule has 0 aromatic heterocycles. The lowest BCUT2D eigenvalue weighted by Gasteiger charge is -2.24. The predicted molar refractivity (Wildman–Crippen MR) is 73.9 cm³/mol. The largest absolute Gasteiger partial charge is 0.299 e. The van der Waals surface area contributed by atoms with Gasteiger partial charge in [0.1, 0.15) is 5.02 Å². The molecule has 0 saturated carbocycles. The van der Waals surface area contributed by atoms with Crippen molar-refractivity contribution in [1.29, 1.82) is 0 Å².